The Morgan fingerprint density at radius 3 is 1.57 bits per heavy atom. The fraction of sp³-hybridized carbons (Fsp3) is 0.889. The van der Waals surface area contributed by atoms with Crippen molar-refractivity contribution < 1.29 is 31.1 Å². The minimum atomic E-state index is -1.77. The first kappa shape index (κ1) is 21.9. The maximum Gasteiger partial charge on any atom is 0 e. The van der Waals surface area contributed by atoms with Gasteiger partial charge in [0.15, 0.2) is 0 Å². The van der Waals surface area contributed by atoms with Crippen LogP contribution in [0.5, 0.6) is 0 Å². The second-order valence-corrected chi connectivity index (χ2v) is 21.9. The van der Waals surface area contributed by atoms with E-state index in [1.165, 1.54) is 25.2 Å². The summed E-state index contributed by atoms with van der Waals surface area (Å²) in [6.45, 7) is 9.90. The Balaban J connectivity index is -0.000000267. The zero-order chi connectivity index (χ0) is 11.0. The molecule has 0 saturated heterocycles. The number of rotatable bonds is 4. The standard InChI is InChI=1S/C6H16BIP2.C3H7.U/c1-3-5-10(7,8,9)6-4-2;1-3-2;/h3-6,9H2,1-2H3;1,3H2,2H3;/q;-1;. The molecule has 0 aromatic rings. The van der Waals surface area contributed by atoms with Crippen molar-refractivity contribution in [1.82, 2.24) is 0 Å². The topological polar surface area (TPSA) is 0 Å². The van der Waals surface area contributed by atoms with Crippen molar-refractivity contribution in [1.29, 1.82) is 0 Å². The molecule has 0 aromatic carbocycles. The number of hydrogen-bond acceptors (Lipinski definition) is 0. The summed E-state index contributed by atoms with van der Waals surface area (Å²) in [6, 6.07) is 0. The quantitative estimate of drug-likeness (QED) is 0.198. The third-order valence-corrected chi connectivity index (χ3v) is 8.79. The van der Waals surface area contributed by atoms with E-state index in [1.54, 1.807) is 0 Å². The molecule has 1 unspecified atom stereocenters. The van der Waals surface area contributed by atoms with E-state index in [1.807, 2.05) is 6.92 Å². The molecule has 0 rings (SSSR count). The van der Waals surface area contributed by atoms with E-state index in [9.17, 15) is 0 Å². The van der Waals surface area contributed by atoms with Crippen molar-refractivity contribution >= 4 is 42.3 Å². The molecule has 0 aliphatic heterocycles. The number of hydrogen-bond donors (Lipinski definition) is 0. The molecule has 0 aliphatic rings. The van der Waals surface area contributed by atoms with Crippen LogP contribution in [0.3, 0.4) is 0 Å². The van der Waals surface area contributed by atoms with E-state index >= 15 is 0 Å². The number of halogens is 1. The van der Waals surface area contributed by atoms with Crippen LogP contribution < -0.4 is 0 Å². The van der Waals surface area contributed by atoms with Crippen LogP contribution in [0.15, 0.2) is 0 Å². The molecular weight excluding hydrogens is 546 g/mol. The van der Waals surface area contributed by atoms with Crippen LogP contribution in [0.25, 0.3) is 0 Å². The van der Waals surface area contributed by atoms with Crippen molar-refractivity contribution in [3.05, 3.63) is 6.92 Å². The Hall–Kier alpha value is 2.71. The molecule has 2 radical (unpaired) electrons. The normalized spacial score (nSPS) is 12.9. The van der Waals surface area contributed by atoms with Crippen molar-refractivity contribution in [3.8, 4) is 0 Å². The SMILES string of the molecule is [B]P(P)(I)(CCC)CCC.[CH2-]CC.[U]. The van der Waals surface area contributed by atoms with Crippen molar-refractivity contribution in [3.63, 3.8) is 0 Å². The third-order valence-electron chi connectivity index (χ3n) is 1.45. The maximum absolute atomic E-state index is 6.26. The fourth-order valence-corrected chi connectivity index (χ4v) is 7.78. The first-order valence-corrected chi connectivity index (χ1v) is 12.0. The van der Waals surface area contributed by atoms with Gasteiger partial charge in [-0.1, -0.05) is 6.92 Å². The molecule has 0 amide bonds. The molecule has 0 N–H and O–H groups in total. The molecule has 0 aromatic heterocycles. The second-order valence-electron chi connectivity index (χ2n) is 3.48. The summed E-state index contributed by atoms with van der Waals surface area (Å²) in [6.07, 6.45) is 5.82. The van der Waals surface area contributed by atoms with Crippen molar-refractivity contribution in [2.45, 2.75) is 40.0 Å². The van der Waals surface area contributed by atoms with Crippen molar-refractivity contribution in [2.24, 2.45) is 0 Å². The van der Waals surface area contributed by atoms with Gasteiger partial charge in [-0.25, -0.2) is 0 Å². The third kappa shape index (κ3) is 17.1. The molecule has 0 fully saturated rings. The van der Waals surface area contributed by atoms with Crippen molar-refractivity contribution in [2.75, 3.05) is 12.3 Å². The molecule has 5 heteroatoms. The Morgan fingerprint density at radius 1 is 1.21 bits per heavy atom. The van der Waals surface area contributed by atoms with Gasteiger partial charge in [-0.2, -0.15) is 6.42 Å². The van der Waals surface area contributed by atoms with Crippen LogP contribution in [-0.2, 0) is 0 Å². The molecule has 0 heterocycles. The molecule has 84 valence electrons. The molecule has 0 bridgehead atoms. The zero-order valence-electron chi connectivity index (χ0n) is 9.72. The van der Waals surface area contributed by atoms with E-state index < -0.39 is 3.81 Å². The van der Waals surface area contributed by atoms with E-state index in [0.717, 1.165) is 6.42 Å². The molecule has 0 nitrogen and oxygen atoms in total. The van der Waals surface area contributed by atoms with E-state index in [-0.39, 0.29) is 31.1 Å². The first-order chi connectivity index (χ1) is 5.80. The zero-order valence-corrected chi connectivity index (χ0v) is 18.1. The van der Waals surface area contributed by atoms with Crippen LogP contribution in [0, 0.1) is 38.0 Å². The van der Waals surface area contributed by atoms with Crippen LogP contribution in [0.1, 0.15) is 40.0 Å². The van der Waals surface area contributed by atoms with E-state index in [0.29, 0.717) is 0 Å². The first-order valence-electron chi connectivity index (χ1n) is 4.94. The molecule has 0 spiro atoms. The maximum atomic E-state index is 6.26. The Bertz CT molecular complexity index is 116. The Morgan fingerprint density at radius 2 is 1.43 bits per heavy atom. The minimum absolute atomic E-state index is 0. The van der Waals surface area contributed by atoms with Gasteiger partial charge < -0.3 is 6.92 Å². The minimum Gasteiger partial charge on any atom is -0.344 e. The van der Waals surface area contributed by atoms with Crippen LogP contribution in [0.4, 0.5) is 0 Å². The molecule has 14 heavy (non-hydrogen) atoms. The van der Waals surface area contributed by atoms with Gasteiger partial charge in [0.1, 0.15) is 0 Å². The van der Waals surface area contributed by atoms with Crippen LogP contribution in [0.2, 0.25) is 0 Å². The smallest absolute Gasteiger partial charge is 0 e. The van der Waals surface area contributed by atoms with Gasteiger partial charge in [0.2, 0.25) is 0 Å². The predicted molar refractivity (Wildman–Crippen MR) is 82.4 cm³/mol. The Kier molecular flexibility index (Phi) is 17.0. The monoisotopic (exact) mass is 569 g/mol. The summed E-state index contributed by atoms with van der Waals surface area (Å²) in [5.74, 6) is 0. The summed E-state index contributed by atoms with van der Waals surface area (Å²) in [7, 11) is 9.17. The predicted octanol–water partition coefficient (Wildman–Crippen LogP) is 4.81. The molecule has 0 aliphatic carbocycles. The fourth-order valence-electron chi connectivity index (χ4n) is 1.11. The average Bonchev–Trinajstić information content (AvgIpc) is 1.86. The van der Waals surface area contributed by atoms with Gasteiger partial charge in [0, 0.05) is 31.1 Å². The van der Waals surface area contributed by atoms with Gasteiger partial charge in [-0.3, -0.25) is 0 Å². The van der Waals surface area contributed by atoms with E-state index in [2.05, 4.69) is 51.7 Å². The summed E-state index contributed by atoms with van der Waals surface area (Å²) in [5.41, 5.74) is 0. The molecule has 1 atom stereocenters. The van der Waals surface area contributed by atoms with Crippen LogP contribution >= 0.6 is 34.8 Å². The molecule has 0 saturated carbocycles. The van der Waals surface area contributed by atoms with Gasteiger partial charge in [0.05, 0.1) is 0 Å². The van der Waals surface area contributed by atoms with Gasteiger partial charge >= 0.3 is 81.4 Å². The van der Waals surface area contributed by atoms with Gasteiger partial charge in [-0.15, -0.1) is 0 Å². The van der Waals surface area contributed by atoms with Gasteiger partial charge in [-0.05, 0) is 0 Å². The molecular formula is C9H23BIP2U-. The summed E-state index contributed by atoms with van der Waals surface area (Å²) in [5, 5.41) is 0. The summed E-state index contributed by atoms with van der Waals surface area (Å²) < 4.78 is -1.77. The average molecular weight is 569 g/mol. The largest absolute Gasteiger partial charge is 0.344 e. The van der Waals surface area contributed by atoms with E-state index in [4.69, 9.17) is 7.57 Å². The summed E-state index contributed by atoms with van der Waals surface area (Å²) in [4.78, 5) is 0. The van der Waals surface area contributed by atoms with Gasteiger partial charge in [0.25, 0.3) is 0 Å². The summed E-state index contributed by atoms with van der Waals surface area (Å²) >= 11 is 2.48. The second kappa shape index (κ2) is 10.8. The Labute approximate surface area is 131 Å². The van der Waals surface area contributed by atoms with Crippen LogP contribution in [-0.4, -0.2) is 19.9 Å².